The Kier molecular flexibility index (Phi) is 4.51. The molecule has 2 aromatic carbocycles. The molecule has 5 rings (SSSR count). The Labute approximate surface area is 170 Å². The molecule has 1 saturated heterocycles. The number of allylic oxidation sites excluding steroid dienone is 1. The molecular weight excluding hydrogens is 360 g/mol. The van der Waals surface area contributed by atoms with Crippen molar-refractivity contribution in [1.29, 1.82) is 0 Å². The first kappa shape index (κ1) is 17.9. The zero-order chi connectivity index (χ0) is 19.8. The Morgan fingerprint density at radius 1 is 1.07 bits per heavy atom. The van der Waals surface area contributed by atoms with Crippen LogP contribution in [0.1, 0.15) is 36.5 Å². The number of aliphatic imine (C=N–C) groups is 1. The van der Waals surface area contributed by atoms with Crippen LogP contribution in [-0.2, 0) is 0 Å². The Morgan fingerprint density at radius 3 is 2.55 bits per heavy atom. The lowest BCUT2D eigenvalue weighted by atomic mass is 9.89. The first-order valence-corrected chi connectivity index (χ1v) is 10.2. The molecule has 5 heteroatoms. The van der Waals surface area contributed by atoms with Crippen LogP contribution in [0.5, 0.6) is 0 Å². The number of aromatic amines is 1. The van der Waals surface area contributed by atoms with Gasteiger partial charge in [0.1, 0.15) is 0 Å². The Morgan fingerprint density at radius 2 is 1.83 bits per heavy atom. The molecule has 146 valence electrons. The smallest absolute Gasteiger partial charge is 0.253 e. The molecule has 1 aromatic heterocycles. The minimum atomic E-state index is 0.115. The van der Waals surface area contributed by atoms with Crippen molar-refractivity contribution in [2.75, 3.05) is 13.1 Å². The van der Waals surface area contributed by atoms with Crippen molar-refractivity contribution in [3.63, 3.8) is 0 Å². The molecule has 0 radical (unpaired) electrons. The highest BCUT2D eigenvalue weighted by Gasteiger charge is 2.27. The first-order chi connectivity index (χ1) is 14.2. The molecule has 3 heterocycles. The highest BCUT2D eigenvalue weighted by molar-refractivity contribution is 5.97. The van der Waals surface area contributed by atoms with Gasteiger partial charge in [-0.2, -0.15) is 5.10 Å². The fraction of sp³-hybridized carbons (Fsp3) is 0.292. The average Bonchev–Trinajstić information content (AvgIpc) is 3.40. The standard InChI is InChI=1S/C24H24N4O/c1-16-14-22(25-15-16)17-10-12-28(13-11-17)24(29)19-8-6-18(7-9-19)23-20-4-2-3-5-21(20)26-27-23/h2-9,15,17H,10-14H2,1H3,(H,26,27). The van der Waals surface area contributed by atoms with E-state index in [9.17, 15) is 4.79 Å². The highest BCUT2D eigenvalue weighted by Crippen LogP contribution is 2.28. The van der Waals surface area contributed by atoms with Gasteiger partial charge in [0.15, 0.2) is 0 Å². The lowest BCUT2D eigenvalue weighted by Gasteiger charge is -2.32. The molecule has 0 aliphatic carbocycles. The number of benzene rings is 2. The van der Waals surface area contributed by atoms with Crippen molar-refractivity contribution in [2.24, 2.45) is 10.9 Å². The van der Waals surface area contributed by atoms with E-state index >= 15 is 0 Å². The molecule has 1 amide bonds. The summed E-state index contributed by atoms with van der Waals surface area (Å²) in [5.74, 6) is 0.632. The molecule has 0 spiro atoms. The second-order valence-electron chi connectivity index (χ2n) is 8.03. The SMILES string of the molecule is CC1=CN=C(C2CCN(C(=O)c3ccc(-c4n[nH]c5ccccc45)cc3)CC2)C1. The van der Waals surface area contributed by atoms with Crippen LogP contribution in [0.4, 0.5) is 0 Å². The summed E-state index contributed by atoms with van der Waals surface area (Å²) in [6.45, 7) is 3.73. The van der Waals surface area contributed by atoms with Crippen molar-refractivity contribution in [1.82, 2.24) is 15.1 Å². The van der Waals surface area contributed by atoms with Crippen molar-refractivity contribution in [3.8, 4) is 11.3 Å². The second kappa shape index (κ2) is 7.32. The van der Waals surface area contributed by atoms with Crippen LogP contribution >= 0.6 is 0 Å². The summed E-state index contributed by atoms with van der Waals surface area (Å²) >= 11 is 0. The third-order valence-corrected chi connectivity index (χ3v) is 6.04. The van der Waals surface area contributed by atoms with Crippen molar-refractivity contribution < 1.29 is 4.79 Å². The molecule has 2 aliphatic heterocycles. The summed E-state index contributed by atoms with van der Waals surface area (Å²) in [5.41, 5.74) is 6.32. The van der Waals surface area contributed by atoms with Crippen LogP contribution in [0.2, 0.25) is 0 Å². The van der Waals surface area contributed by atoms with Gasteiger partial charge in [-0.15, -0.1) is 0 Å². The van der Waals surface area contributed by atoms with Crippen LogP contribution in [0.3, 0.4) is 0 Å². The minimum absolute atomic E-state index is 0.115. The van der Waals surface area contributed by atoms with E-state index in [0.717, 1.165) is 60.1 Å². The average molecular weight is 384 g/mol. The molecule has 5 nitrogen and oxygen atoms in total. The zero-order valence-electron chi connectivity index (χ0n) is 16.6. The van der Waals surface area contributed by atoms with Gasteiger partial charge < -0.3 is 4.90 Å². The third-order valence-electron chi connectivity index (χ3n) is 6.04. The van der Waals surface area contributed by atoms with Crippen LogP contribution in [0.25, 0.3) is 22.2 Å². The number of amides is 1. The third kappa shape index (κ3) is 3.37. The van der Waals surface area contributed by atoms with Gasteiger partial charge in [0.2, 0.25) is 0 Å². The molecule has 0 unspecified atom stereocenters. The molecule has 1 fully saturated rings. The maximum absolute atomic E-state index is 13.0. The Hall–Kier alpha value is -3.21. The molecule has 0 bridgehead atoms. The fourth-order valence-electron chi connectivity index (χ4n) is 4.37. The summed E-state index contributed by atoms with van der Waals surface area (Å²) in [7, 11) is 0. The van der Waals surface area contributed by atoms with Crippen LogP contribution in [-0.4, -0.2) is 39.8 Å². The summed E-state index contributed by atoms with van der Waals surface area (Å²) < 4.78 is 0. The number of carbonyl (C=O) groups excluding carboxylic acids is 1. The number of likely N-dealkylation sites (tertiary alicyclic amines) is 1. The van der Waals surface area contributed by atoms with E-state index in [2.05, 4.69) is 28.2 Å². The van der Waals surface area contributed by atoms with Crippen LogP contribution in [0.15, 0.2) is 65.3 Å². The van der Waals surface area contributed by atoms with Crippen LogP contribution in [0, 0.1) is 5.92 Å². The molecule has 2 aliphatic rings. The molecule has 0 atom stereocenters. The van der Waals surface area contributed by atoms with Crippen LogP contribution < -0.4 is 0 Å². The number of rotatable bonds is 3. The Bertz CT molecular complexity index is 1120. The van der Waals surface area contributed by atoms with E-state index in [1.54, 1.807) is 0 Å². The van der Waals surface area contributed by atoms with Gasteiger partial charge >= 0.3 is 0 Å². The minimum Gasteiger partial charge on any atom is -0.339 e. The number of nitrogens with one attached hydrogen (secondary N) is 1. The predicted octanol–water partition coefficient (Wildman–Crippen LogP) is 4.83. The van der Waals surface area contributed by atoms with Gasteiger partial charge in [-0.3, -0.25) is 14.9 Å². The number of nitrogens with zero attached hydrogens (tertiary/aromatic N) is 3. The van der Waals surface area contributed by atoms with E-state index in [4.69, 9.17) is 0 Å². The van der Waals surface area contributed by atoms with Crippen molar-refractivity contribution >= 4 is 22.5 Å². The number of H-pyrrole nitrogens is 1. The normalized spacial score (nSPS) is 17.5. The summed E-state index contributed by atoms with van der Waals surface area (Å²) in [4.78, 5) is 19.5. The van der Waals surface area contributed by atoms with Gasteiger partial charge in [-0.05, 0) is 43.5 Å². The maximum Gasteiger partial charge on any atom is 0.253 e. The Balaban J connectivity index is 1.26. The molecule has 3 aromatic rings. The predicted molar refractivity (Wildman–Crippen MR) is 116 cm³/mol. The van der Waals surface area contributed by atoms with E-state index in [1.807, 2.05) is 53.6 Å². The molecule has 29 heavy (non-hydrogen) atoms. The summed E-state index contributed by atoms with van der Waals surface area (Å²) in [6, 6.07) is 15.9. The fourth-order valence-corrected chi connectivity index (χ4v) is 4.37. The zero-order valence-corrected chi connectivity index (χ0v) is 16.6. The molecule has 0 saturated carbocycles. The van der Waals surface area contributed by atoms with E-state index in [-0.39, 0.29) is 5.91 Å². The number of piperidine rings is 1. The second-order valence-corrected chi connectivity index (χ2v) is 8.03. The lowest BCUT2D eigenvalue weighted by molar-refractivity contribution is 0.0710. The number of hydrogen-bond acceptors (Lipinski definition) is 3. The molecule has 1 N–H and O–H groups in total. The summed E-state index contributed by atoms with van der Waals surface area (Å²) in [6.07, 6.45) is 4.99. The lowest BCUT2D eigenvalue weighted by Crippen LogP contribution is -2.40. The maximum atomic E-state index is 13.0. The topological polar surface area (TPSA) is 61.4 Å². The number of hydrogen-bond donors (Lipinski definition) is 1. The number of carbonyl (C=O) groups is 1. The van der Waals surface area contributed by atoms with Crippen molar-refractivity contribution in [2.45, 2.75) is 26.2 Å². The number of fused-ring (bicyclic) bond motifs is 1. The van der Waals surface area contributed by atoms with Crippen molar-refractivity contribution in [3.05, 3.63) is 65.9 Å². The molecular formula is C24H24N4O. The van der Waals surface area contributed by atoms with Gasteiger partial charge in [0, 0.05) is 53.9 Å². The quantitative estimate of drug-likeness (QED) is 0.703. The highest BCUT2D eigenvalue weighted by atomic mass is 16.2. The number of para-hydroxylation sites is 1. The van der Waals surface area contributed by atoms with E-state index in [0.29, 0.717) is 5.92 Å². The van der Waals surface area contributed by atoms with Gasteiger partial charge in [-0.25, -0.2) is 0 Å². The largest absolute Gasteiger partial charge is 0.339 e. The first-order valence-electron chi connectivity index (χ1n) is 10.2. The summed E-state index contributed by atoms with van der Waals surface area (Å²) in [5, 5.41) is 8.60. The van der Waals surface area contributed by atoms with Gasteiger partial charge in [0.05, 0.1) is 11.2 Å². The van der Waals surface area contributed by atoms with E-state index < -0.39 is 0 Å². The van der Waals surface area contributed by atoms with E-state index in [1.165, 1.54) is 11.3 Å². The monoisotopic (exact) mass is 384 g/mol. The van der Waals surface area contributed by atoms with Gasteiger partial charge in [-0.1, -0.05) is 30.3 Å². The van der Waals surface area contributed by atoms with Gasteiger partial charge in [0.25, 0.3) is 5.91 Å². The number of aromatic nitrogens is 2.